The normalized spacial score (nSPS) is 14.7. The zero-order chi connectivity index (χ0) is 13.3. The summed E-state index contributed by atoms with van der Waals surface area (Å²) in [5, 5.41) is 7.88. The summed E-state index contributed by atoms with van der Waals surface area (Å²) >= 11 is 7.01. The largest absolute Gasteiger partial charge is 0.327 e. The molecule has 0 radical (unpaired) electrons. The summed E-state index contributed by atoms with van der Waals surface area (Å²) in [4.78, 5) is 1.29. The average Bonchev–Trinajstić information content (AvgIpc) is 2.81. The fourth-order valence-electron chi connectivity index (χ4n) is 1.73. The van der Waals surface area contributed by atoms with Crippen LogP contribution in [0, 0.1) is 6.92 Å². The molecule has 2 unspecified atom stereocenters. The van der Waals surface area contributed by atoms with Gasteiger partial charge in [-0.1, -0.05) is 11.8 Å². The van der Waals surface area contributed by atoms with Crippen LogP contribution in [0.2, 0.25) is 0 Å². The van der Waals surface area contributed by atoms with Gasteiger partial charge in [0.15, 0.2) is 0 Å². The van der Waals surface area contributed by atoms with E-state index in [1.54, 1.807) is 23.1 Å². The van der Waals surface area contributed by atoms with E-state index in [2.05, 4.69) is 45.5 Å². The van der Waals surface area contributed by atoms with E-state index < -0.39 is 0 Å². The fourth-order valence-corrected chi connectivity index (χ4v) is 4.67. The van der Waals surface area contributed by atoms with E-state index in [9.17, 15) is 0 Å². The second kappa shape index (κ2) is 5.77. The summed E-state index contributed by atoms with van der Waals surface area (Å²) < 4.78 is 3.04. The maximum Gasteiger partial charge on any atom is 0.0946 e. The van der Waals surface area contributed by atoms with Crippen molar-refractivity contribution in [3.63, 3.8) is 0 Å². The zero-order valence-electron chi connectivity index (χ0n) is 10.6. The first-order valence-electron chi connectivity index (χ1n) is 5.64. The maximum atomic E-state index is 6.12. The van der Waals surface area contributed by atoms with E-state index in [0.29, 0.717) is 0 Å². The number of aryl methyl sites for hydroxylation is 2. The molecule has 2 aromatic heterocycles. The second-order valence-electron chi connectivity index (χ2n) is 4.31. The lowest BCUT2D eigenvalue weighted by molar-refractivity contribution is 0.682. The molecule has 2 aromatic rings. The lowest BCUT2D eigenvalue weighted by atomic mass is 10.2. The maximum absolute atomic E-state index is 6.12. The number of rotatable bonds is 4. The standard InChI is InChI=1S/C12H16BrN3S2/c1-7-4-11(16(3)15-7)18-12(8(2)14)10-5-9(13)6-17-10/h4-6,8,12H,14H2,1-3H3. The first-order chi connectivity index (χ1) is 8.47. The highest BCUT2D eigenvalue weighted by Gasteiger charge is 2.21. The van der Waals surface area contributed by atoms with Crippen molar-refractivity contribution in [3.8, 4) is 0 Å². The van der Waals surface area contributed by atoms with Crippen LogP contribution in [0.15, 0.2) is 27.0 Å². The summed E-state index contributed by atoms with van der Waals surface area (Å²) in [5.74, 6) is 0. The van der Waals surface area contributed by atoms with E-state index in [1.165, 1.54) is 4.88 Å². The highest BCUT2D eigenvalue weighted by molar-refractivity contribution is 9.10. The van der Waals surface area contributed by atoms with Gasteiger partial charge in [-0.05, 0) is 41.9 Å². The Morgan fingerprint density at radius 2 is 2.22 bits per heavy atom. The van der Waals surface area contributed by atoms with Gasteiger partial charge >= 0.3 is 0 Å². The third kappa shape index (κ3) is 3.17. The fraction of sp³-hybridized carbons (Fsp3) is 0.417. The smallest absolute Gasteiger partial charge is 0.0946 e. The molecule has 0 aliphatic heterocycles. The molecular weight excluding hydrogens is 330 g/mol. The van der Waals surface area contributed by atoms with Crippen LogP contribution in [-0.4, -0.2) is 15.8 Å². The molecule has 2 heterocycles. The van der Waals surface area contributed by atoms with Crippen molar-refractivity contribution in [1.29, 1.82) is 0 Å². The molecule has 0 bridgehead atoms. The number of aromatic nitrogens is 2. The molecule has 0 saturated carbocycles. The van der Waals surface area contributed by atoms with Crippen LogP contribution < -0.4 is 5.73 Å². The van der Waals surface area contributed by atoms with Crippen molar-refractivity contribution in [3.05, 3.63) is 32.6 Å². The van der Waals surface area contributed by atoms with Crippen LogP contribution in [0.25, 0.3) is 0 Å². The summed E-state index contributed by atoms with van der Waals surface area (Å²) in [6.45, 7) is 4.06. The Morgan fingerprint density at radius 3 is 2.67 bits per heavy atom. The van der Waals surface area contributed by atoms with Gasteiger partial charge in [-0.2, -0.15) is 5.10 Å². The van der Waals surface area contributed by atoms with Gasteiger partial charge in [0.1, 0.15) is 0 Å². The van der Waals surface area contributed by atoms with Crippen molar-refractivity contribution >= 4 is 39.0 Å². The van der Waals surface area contributed by atoms with Crippen molar-refractivity contribution in [2.45, 2.75) is 30.2 Å². The van der Waals surface area contributed by atoms with Gasteiger partial charge in [-0.3, -0.25) is 4.68 Å². The van der Waals surface area contributed by atoms with Gasteiger partial charge in [0.25, 0.3) is 0 Å². The Bertz CT molecular complexity index is 533. The van der Waals surface area contributed by atoms with Crippen molar-refractivity contribution in [2.24, 2.45) is 12.8 Å². The van der Waals surface area contributed by atoms with Gasteiger partial charge in [-0.25, -0.2) is 0 Å². The van der Waals surface area contributed by atoms with E-state index in [1.807, 2.05) is 18.7 Å². The van der Waals surface area contributed by atoms with Crippen LogP contribution >= 0.6 is 39.0 Å². The van der Waals surface area contributed by atoms with Crippen molar-refractivity contribution in [1.82, 2.24) is 9.78 Å². The summed E-state index contributed by atoms with van der Waals surface area (Å²) in [6.07, 6.45) is 0. The third-order valence-corrected chi connectivity index (χ3v) is 6.04. The number of hydrogen-bond acceptors (Lipinski definition) is 4. The molecule has 0 saturated heterocycles. The average molecular weight is 346 g/mol. The number of nitrogens with zero attached hydrogens (tertiary/aromatic N) is 2. The summed E-state index contributed by atoms with van der Waals surface area (Å²) in [7, 11) is 1.97. The summed E-state index contributed by atoms with van der Waals surface area (Å²) in [6, 6.07) is 4.34. The number of nitrogens with two attached hydrogens (primary N) is 1. The van der Waals surface area contributed by atoms with Gasteiger partial charge in [0.05, 0.1) is 16.0 Å². The zero-order valence-corrected chi connectivity index (χ0v) is 13.8. The molecule has 0 amide bonds. The highest BCUT2D eigenvalue weighted by atomic mass is 79.9. The molecule has 0 aliphatic rings. The molecule has 0 aliphatic carbocycles. The van der Waals surface area contributed by atoms with Crippen LogP contribution in [0.3, 0.4) is 0 Å². The minimum atomic E-state index is 0.0933. The molecule has 98 valence electrons. The predicted molar refractivity (Wildman–Crippen MR) is 82.2 cm³/mol. The van der Waals surface area contributed by atoms with Crippen LogP contribution in [0.1, 0.15) is 22.7 Å². The lowest BCUT2D eigenvalue weighted by Gasteiger charge is -2.18. The predicted octanol–water partition coefficient (Wildman–Crippen LogP) is 3.73. The first-order valence-corrected chi connectivity index (χ1v) is 8.19. The van der Waals surface area contributed by atoms with E-state index >= 15 is 0 Å². The Morgan fingerprint density at radius 1 is 1.50 bits per heavy atom. The minimum Gasteiger partial charge on any atom is -0.327 e. The molecule has 2 N–H and O–H groups in total. The van der Waals surface area contributed by atoms with Gasteiger partial charge in [0, 0.05) is 27.8 Å². The third-order valence-electron chi connectivity index (χ3n) is 2.55. The Hall–Kier alpha value is -0.300. The number of hydrogen-bond donors (Lipinski definition) is 1. The lowest BCUT2D eigenvalue weighted by Crippen LogP contribution is -2.22. The first kappa shape index (κ1) is 14.1. The molecular formula is C12H16BrN3S2. The van der Waals surface area contributed by atoms with E-state index in [-0.39, 0.29) is 11.3 Å². The molecule has 18 heavy (non-hydrogen) atoms. The minimum absolute atomic E-state index is 0.0933. The Kier molecular flexibility index (Phi) is 4.53. The molecule has 2 atom stereocenters. The van der Waals surface area contributed by atoms with Gasteiger partial charge < -0.3 is 5.73 Å². The topological polar surface area (TPSA) is 43.8 Å². The quantitative estimate of drug-likeness (QED) is 0.858. The molecule has 2 rings (SSSR count). The molecule has 0 aromatic carbocycles. The van der Waals surface area contributed by atoms with Crippen molar-refractivity contribution < 1.29 is 0 Å². The molecule has 3 nitrogen and oxygen atoms in total. The Balaban J connectivity index is 2.24. The van der Waals surface area contributed by atoms with Crippen LogP contribution in [0.5, 0.6) is 0 Å². The Labute approximate surface area is 124 Å². The number of thioether (sulfide) groups is 1. The van der Waals surface area contributed by atoms with Crippen LogP contribution in [0.4, 0.5) is 0 Å². The van der Waals surface area contributed by atoms with E-state index in [0.717, 1.165) is 15.2 Å². The van der Waals surface area contributed by atoms with Gasteiger partial charge in [-0.15, -0.1) is 11.3 Å². The van der Waals surface area contributed by atoms with E-state index in [4.69, 9.17) is 5.73 Å². The molecule has 0 fully saturated rings. The second-order valence-corrected chi connectivity index (χ2v) is 7.33. The van der Waals surface area contributed by atoms with Gasteiger partial charge in [0.2, 0.25) is 0 Å². The number of halogens is 1. The molecule has 0 spiro atoms. The number of thiophene rings is 1. The SMILES string of the molecule is Cc1cc(SC(c2cc(Br)cs2)C(C)N)n(C)n1. The summed E-state index contributed by atoms with van der Waals surface area (Å²) in [5.41, 5.74) is 7.16. The monoisotopic (exact) mass is 345 g/mol. The molecule has 6 heteroatoms. The highest BCUT2D eigenvalue weighted by Crippen LogP contribution is 2.40. The van der Waals surface area contributed by atoms with Crippen LogP contribution in [-0.2, 0) is 7.05 Å². The van der Waals surface area contributed by atoms with Crippen molar-refractivity contribution in [2.75, 3.05) is 0 Å².